The van der Waals surface area contributed by atoms with Crippen molar-refractivity contribution in [2.24, 2.45) is 0 Å². The van der Waals surface area contributed by atoms with Gasteiger partial charge in [-0.2, -0.15) is 22.6 Å². The number of nitrogens with zero attached hydrogens (tertiary/aromatic N) is 6. The summed E-state index contributed by atoms with van der Waals surface area (Å²) >= 11 is 0. The first-order valence-electron chi connectivity index (χ1n) is 18.8. The molecule has 55 heavy (non-hydrogen) atoms. The zero-order valence-electron chi connectivity index (χ0n) is 33.3. The third-order valence-electron chi connectivity index (χ3n) is 10.5. The van der Waals surface area contributed by atoms with Gasteiger partial charge in [0.1, 0.15) is 19.0 Å². The van der Waals surface area contributed by atoms with E-state index in [4.69, 9.17) is 9.47 Å². The molecule has 1 saturated carbocycles. The van der Waals surface area contributed by atoms with E-state index in [9.17, 15) is 35.6 Å². The van der Waals surface area contributed by atoms with E-state index in [0.717, 1.165) is 10.9 Å². The molecule has 0 radical (unpaired) electrons. The van der Waals surface area contributed by atoms with Crippen molar-refractivity contribution in [2.45, 2.75) is 133 Å². The highest BCUT2D eigenvalue weighted by Gasteiger charge is 2.50. The molecule has 18 heteroatoms. The number of rotatable bonds is 12. The van der Waals surface area contributed by atoms with Gasteiger partial charge in [-0.25, -0.2) is 17.6 Å². The van der Waals surface area contributed by atoms with Crippen molar-refractivity contribution >= 4 is 46.7 Å². The normalized spacial score (nSPS) is 23.7. The molecule has 0 N–H and O–H groups in total. The number of benzene rings is 1. The second kappa shape index (κ2) is 15.6. The van der Waals surface area contributed by atoms with E-state index in [-0.39, 0.29) is 42.8 Å². The maximum absolute atomic E-state index is 14.8. The Morgan fingerprint density at radius 3 is 2.25 bits per heavy atom. The topological polar surface area (TPSA) is 118 Å². The van der Waals surface area contributed by atoms with Crippen LogP contribution in [0.1, 0.15) is 66.8 Å². The van der Waals surface area contributed by atoms with E-state index in [0.29, 0.717) is 55.2 Å². The summed E-state index contributed by atoms with van der Waals surface area (Å²) in [4.78, 5) is 30.8. The van der Waals surface area contributed by atoms with Crippen LogP contribution in [0.5, 0.6) is 0 Å². The minimum atomic E-state index is -4.71. The molecule has 3 heterocycles. The van der Waals surface area contributed by atoms with Crippen LogP contribution >= 0.6 is 0 Å². The van der Waals surface area contributed by atoms with E-state index in [1.54, 1.807) is 42.6 Å². The number of amides is 2. The van der Waals surface area contributed by atoms with E-state index < -0.39 is 66.2 Å². The zero-order valence-corrected chi connectivity index (χ0v) is 35.1. The molecule has 0 bridgehead atoms. The molecule has 2 aliphatic heterocycles. The maximum atomic E-state index is 14.8. The number of piperazine rings is 1. The predicted molar refractivity (Wildman–Crippen MR) is 205 cm³/mol. The molecule has 3 aliphatic rings. The van der Waals surface area contributed by atoms with Gasteiger partial charge in [-0.1, -0.05) is 19.6 Å². The fourth-order valence-electron chi connectivity index (χ4n) is 7.34. The summed E-state index contributed by atoms with van der Waals surface area (Å²) in [6.45, 7) is 17.6. The number of hydrogen-bond acceptors (Lipinski definition) is 8. The Balaban J connectivity index is 1.56. The molecule has 5 rings (SSSR count). The molecule has 1 aliphatic carbocycles. The molecular weight excluding hydrogens is 761 g/mol. The number of allylic oxidation sites excluding steroid dienone is 1. The van der Waals surface area contributed by atoms with Crippen molar-refractivity contribution in [1.29, 1.82) is 0 Å². The lowest BCUT2D eigenvalue weighted by Gasteiger charge is -2.45. The van der Waals surface area contributed by atoms with Crippen molar-refractivity contribution in [3.63, 3.8) is 0 Å². The molecule has 0 spiro atoms. The summed E-state index contributed by atoms with van der Waals surface area (Å²) < 4.78 is 97.2. The molecule has 308 valence electrons. The molecule has 3 fully saturated rings. The van der Waals surface area contributed by atoms with Crippen LogP contribution in [-0.4, -0.2) is 127 Å². The van der Waals surface area contributed by atoms with Gasteiger partial charge in [-0.15, -0.1) is 0 Å². The quantitative estimate of drug-likeness (QED) is 0.0743. The number of sulfonamides is 1. The van der Waals surface area contributed by atoms with E-state index in [2.05, 4.69) is 24.7 Å². The number of fused-ring (bicyclic) bond motifs is 1. The number of halogens is 4. The Labute approximate surface area is 322 Å². The molecule has 12 nitrogen and oxygen atoms in total. The number of carbonyl (C=O) groups excluding carboxylic acids is 2. The molecule has 0 unspecified atom stereocenters. The fraction of sp³-hybridized carbons (Fsp3) is 0.703. The first kappa shape index (κ1) is 42.9. The van der Waals surface area contributed by atoms with Crippen molar-refractivity contribution in [3.8, 4) is 0 Å². The Bertz CT molecular complexity index is 1860. The van der Waals surface area contributed by atoms with Gasteiger partial charge in [-0.05, 0) is 79.0 Å². The van der Waals surface area contributed by atoms with Gasteiger partial charge in [0.2, 0.25) is 15.9 Å². The number of hydrogen-bond donors (Lipinski definition) is 0. The monoisotopic (exact) mass is 816 g/mol. The van der Waals surface area contributed by atoms with Crippen LogP contribution < -0.4 is 4.90 Å². The number of carbonyl (C=O) groups is 2. The Morgan fingerprint density at radius 1 is 1.07 bits per heavy atom. The largest absolute Gasteiger partial charge is 0.444 e. The average molecular weight is 817 g/mol. The Hall–Kier alpha value is -3.22. The summed E-state index contributed by atoms with van der Waals surface area (Å²) in [6.07, 6.45) is -1.96. The third-order valence-corrected chi connectivity index (χ3v) is 14.2. The van der Waals surface area contributed by atoms with Crippen LogP contribution in [0.2, 0.25) is 25.7 Å². The van der Waals surface area contributed by atoms with Gasteiger partial charge < -0.3 is 19.3 Å². The highest BCUT2D eigenvalue weighted by molar-refractivity contribution is 7.89. The molecule has 1 aromatic carbocycles. The van der Waals surface area contributed by atoms with Gasteiger partial charge in [0.15, 0.2) is 0 Å². The molecule has 2 saturated heterocycles. The highest BCUT2D eigenvalue weighted by Crippen LogP contribution is 2.45. The number of alkyl halides is 4. The minimum Gasteiger partial charge on any atom is -0.444 e. The lowest BCUT2D eigenvalue weighted by atomic mass is 10.1. The van der Waals surface area contributed by atoms with Crippen LogP contribution in [0.25, 0.3) is 10.9 Å². The summed E-state index contributed by atoms with van der Waals surface area (Å²) in [6, 6.07) is 1.72. The van der Waals surface area contributed by atoms with Gasteiger partial charge >= 0.3 is 12.3 Å². The molecule has 2 aromatic rings. The van der Waals surface area contributed by atoms with Crippen molar-refractivity contribution < 1.29 is 45.0 Å². The molecule has 2 amide bonds. The number of aromatic nitrogens is 2. The standard InChI is InChI=1S/C37H56F4N6O6SSi/c1-25-21-43(22-26(2)46(25)34(49)53-35(3,4)5)31-17-29(54(50,51)45(36(6)12-13-36)24-52-14-15-55(7,8)9)18-32-30(31)20-42-47(32)28-16-27(19-38)44(23-28)33(48)10-11-37(39,40)41/h10-11,17-18,20,25-28H,12-16,19,21-24H2,1-9H3/b11-10+/t25-,26-,27-,28+/m0/s1. The summed E-state index contributed by atoms with van der Waals surface area (Å²) in [7, 11) is -5.64. The van der Waals surface area contributed by atoms with Gasteiger partial charge in [0.05, 0.1) is 40.8 Å². The van der Waals surface area contributed by atoms with Gasteiger partial charge in [-0.3, -0.25) is 14.4 Å². The lowest BCUT2D eigenvalue weighted by Crippen LogP contribution is -2.59. The predicted octanol–water partition coefficient (Wildman–Crippen LogP) is 6.96. The van der Waals surface area contributed by atoms with E-state index in [1.165, 1.54) is 10.4 Å². The van der Waals surface area contributed by atoms with Crippen LogP contribution in [-0.2, 0) is 24.3 Å². The smallest absolute Gasteiger partial charge is 0.410 e. The second-order valence-corrected chi connectivity index (χ2v) is 25.2. The highest BCUT2D eigenvalue weighted by atomic mass is 32.2. The van der Waals surface area contributed by atoms with Crippen LogP contribution in [0.15, 0.2) is 35.4 Å². The summed E-state index contributed by atoms with van der Waals surface area (Å²) in [5.41, 5.74) is -0.365. The zero-order chi connectivity index (χ0) is 40.9. The average Bonchev–Trinajstić information content (AvgIpc) is 3.43. The van der Waals surface area contributed by atoms with Crippen LogP contribution in [0.3, 0.4) is 0 Å². The van der Waals surface area contributed by atoms with Gasteiger partial charge in [0.25, 0.3) is 0 Å². The number of anilines is 1. The SMILES string of the molecule is C[C@H]1CN(c2cc(S(=O)(=O)N(COCC[Si](C)(C)C)C3(C)CC3)cc3c2cnn3[C@@H]2C[C@@H](CF)N(C(=O)/C=C/C(F)(F)F)C2)C[C@H](C)N1C(=O)OC(C)(C)C. The Kier molecular flexibility index (Phi) is 12.2. The van der Waals surface area contributed by atoms with E-state index >= 15 is 0 Å². The van der Waals surface area contributed by atoms with Crippen LogP contribution in [0.4, 0.5) is 28.0 Å². The van der Waals surface area contributed by atoms with E-state index in [1.807, 2.05) is 25.7 Å². The molecule has 4 atom stereocenters. The summed E-state index contributed by atoms with van der Waals surface area (Å²) in [5.74, 6) is -0.976. The van der Waals surface area contributed by atoms with Crippen molar-refractivity contribution in [2.75, 3.05) is 44.5 Å². The first-order chi connectivity index (χ1) is 25.3. The lowest BCUT2D eigenvalue weighted by molar-refractivity contribution is -0.128. The number of likely N-dealkylation sites (tertiary alicyclic amines) is 1. The Morgan fingerprint density at radius 2 is 1.71 bits per heavy atom. The molecular formula is C37H56F4N6O6SSi. The number of ether oxygens (including phenoxy) is 2. The third kappa shape index (κ3) is 10.0. The van der Waals surface area contributed by atoms with Crippen molar-refractivity contribution in [1.82, 2.24) is 23.9 Å². The second-order valence-electron chi connectivity index (χ2n) is 17.7. The molecule has 1 aromatic heterocycles. The van der Waals surface area contributed by atoms with Gasteiger partial charge in [0, 0.05) is 63.1 Å². The summed E-state index contributed by atoms with van der Waals surface area (Å²) in [5, 5.41) is 5.23. The maximum Gasteiger partial charge on any atom is 0.410 e. The van der Waals surface area contributed by atoms with Crippen LogP contribution in [0, 0.1) is 0 Å². The van der Waals surface area contributed by atoms with Crippen molar-refractivity contribution in [3.05, 3.63) is 30.5 Å². The first-order valence-corrected chi connectivity index (χ1v) is 24.0. The fourth-order valence-corrected chi connectivity index (χ4v) is 9.85. The minimum absolute atomic E-state index is 0.00497.